The number of benzene rings is 1. The number of nitrogens with zero attached hydrogens (tertiary/aromatic N) is 2. The molecule has 22 heavy (non-hydrogen) atoms. The number of hydrogen-bond donors (Lipinski definition) is 1. The average Bonchev–Trinajstić information content (AvgIpc) is 2.88. The highest BCUT2D eigenvalue weighted by atomic mass is 32.2. The highest BCUT2D eigenvalue weighted by molar-refractivity contribution is 7.99. The Balaban J connectivity index is 1.90. The number of hydrogen-bond acceptors (Lipinski definition) is 5. The summed E-state index contributed by atoms with van der Waals surface area (Å²) in [5, 5.41) is 4.20. The van der Waals surface area contributed by atoms with Gasteiger partial charge in [0.2, 0.25) is 0 Å². The van der Waals surface area contributed by atoms with E-state index >= 15 is 0 Å². The zero-order chi connectivity index (χ0) is 15.5. The van der Waals surface area contributed by atoms with E-state index in [2.05, 4.69) is 5.10 Å². The molecule has 0 radical (unpaired) electrons. The van der Waals surface area contributed by atoms with Crippen LogP contribution in [0.2, 0.25) is 0 Å². The van der Waals surface area contributed by atoms with E-state index in [4.69, 9.17) is 15.2 Å². The summed E-state index contributed by atoms with van der Waals surface area (Å²) in [5.41, 5.74) is 7.97. The second kappa shape index (κ2) is 6.52. The summed E-state index contributed by atoms with van der Waals surface area (Å²) in [7, 11) is 3.49. The third-order valence-electron chi connectivity index (χ3n) is 3.87. The van der Waals surface area contributed by atoms with Crippen molar-refractivity contribution in [3.63, 3.8) is 0 Å². The molecule has 1 aliphatic rings. The fraction of sp³-hybridized carbons (Fsp3) is 0.438. The second-order valence-corrected chi connectivity index (χ2v) is 6.54. The van der Waals surface area contributed by atoms with Gasteiger partial charge in [-0.3, -0.25) is 4.68 Å². The van der Waals surface area contributed by atoms with Crippen molar-refractivity contribution in [2.75, 3.05) is 24.3 Å². The van der Waals surface area contributed by atoms with Crippen molar-refractivity contribution in [3.8, 4) is 22.6 Å². The van der Waals surface area contributed by atoms with Crippen molar-refractivity contribution in [2.24, 2.45) is 7.05 Å². The van der Waals surface area contributed by atoms with E-state index in [1.807, 2.05) is 37.0 Å². The lowest BCUT2D eigenvalue weighted by atomic mass is 10.1. The first-order chi connectivity index (χ1) is 10.7. The Morgan fingerprint density at radius 1 is 1.36 bits per heavy atom. The normalized spacial score (nSPS) is 18.2. The number of methoxy groups -OCH3 is 1. The first kappa shape index (κ1) is 15.1. The summed E-state index contributed by atoms with van der Waals surface area (Å²) in [6.45, 7) is 0. The molecule has 0 saturated carbocycles. The molecule has 1 aliphatic heterocycles. The van der Waals surface area contributed by atoms with Crippen molar-refractivity contribution >= 4 is 17.6 Å². The van der Waals surface area contributed by atoms with Crippen LogP contribution in [-0.4, -0.2) is 34.5 Å². The summed E-state index contributed by atoms with van der Waals surface area (Å²) in [4.78, 5) is 0. The summed E-state index contributed by atoms with van der Waals surface area (Å²) in [6.07, 6.45) is 4.31. The standard InChI is InChI=1S/C16H21N3O2S/c1-19-16(17)13(9-18-19)11-5-6-14(20-2)15(8-11)21-12-4-3-7-22-10-12/h5-6,8-9,12H,3-4,7,10,17H2,1-2H3. The van der Waals surface area contributed by atoms with Crippen LogP contribution in [0.1, 0.15) is 12.8 Å². The molecule has 1 unspecified atom stereocenters. The zero-order valence-corrected chi connectivity index (χ0v) is 13.7. The Hall–Kier alpha value is -1.82. The maximum absolute atomic E-state index is 6.17. The van der Waals surface area contributed by atoms with Crippen molar-refractivity contribution in [2.45, 2.75) is 18.9 Å². The molecule has 2 heterocycles. The van der Waals surface area contributed by atoms with Crippen LogP contribution < -0.4 is 15.2 Å². The maximum Gasteiger partial charge on any atom is 0.162 e. The molecule has 0 aliphatic carbocycles. The van der Waals surface area contributed by atoms with E-state index in [1.54, 1.807) is 18.0 Å². The van der Waals surface area contributed by atoms with Gasteiger partial charge in [0.05, 0.1) is 13.3 Å². The monoisotopic (exact) mass is 319 g/mol. The number of rotatable bonds is 4. The molecule has 3 rings (SSSR count). The van der Waals surface area contributed by atoms with Gasteiger partial charge in [0.1, 0.15) is 11.9 Å². The summed E-state index contributed by atoms with van der Waals surface area (Å²) >= 11 is 1.94. The van der Waals surface area contributed by atoms with E-state index in [1.165, 1.54) is 12.2 Å². The van der Waals surface area contributed by atoms with Crippen LogP contribution in [-0.2, 0) is 7.05 Å². The van der Waals surface area contributed by atoms with E-state index in [-0.39, 0.29) is 6.10 Å². The Morgan fingerprint density at radius 2 is 2.23 bits per heavy atom. The molecule has 0 bridgehead atoms. The van der Waals surface area contributed by atoms with E-state index in [0.717, 1.165) is 34.8 Å². The van der Waals surface area contributed by atoms with Crippen molar-refractivity contribution in [1.29, 1.82) is 0 Å². The number of aromatic nitrogens is 2. The van der Waals surface area contributed by atoms with Gasteiger partial charge in [0.15, 0.2) is 11.5 Å². The minimum Gasteiger partial charge on any atom is -0.493 e. The van der Waals surface area contributed by atoms with Crippen LogP contribution in [0.4, 0.5) is 5.82 Å². The summed E-state index contributed by atoms with van der Waals surface area (Å²) in [5.74, 6) is 4.42. The first-order valence-electron chi connectivity index (χ1n) is 7.39. The molecule has 118 valence electrons. The quantitative estimate of drug-likeness (QED) is 0.939. The van der Waals surface area contributed by atoms with Crippen LogP contribution >= 0.6 is 11.8 Å². The molecule has 1 aromatic carbocycles. The summed E-state index contributed by atoms with van der Waals surface area (Å²) in [6, 6.07) is 5.90. The number of thioether (sulfide) groups is 1. The smallest absolute Gasteiger partial charge is 0.162 e. The predicted octanol–water partition coefficient (Wildman–Crippen LogP) is 2.95. The van der Waals surface area contributed by atoms with Crippen LogP contribution in [0.5, 0.6) is 11.5 Å². The van der Waals surface area contributed by atoms with Gasteiger partial charge in [-0.05, 0) is 36.3 Å². The lowest BCUT2D eigenvalue weighted by molar-refractivity contribution is 0.202. The highest BCUT2D eigenvalue weighted by Gasteiger charge is 2.18. The predicted molar refractivity (Wildman–Crippen MR) is 90.6 cm³/mol. The van der Waals surface area contributed by atoms with E-state index in [9.17, 15) is 0 Å². The van der Waals surface area contributed by atoms with Crippen molar-refractivity contribution in [1.82, 2.24) is 9.78 Å². The highest BCUT2D eigenvalue weighted by Crippen LogP contribution is 2.36. The lowest BCUT2D eigenvalue weighted by Crippen LogP contribution is -2.23. The van der Waals surface area contributed by atoms with E-state index in [0.29, 0.717) is 5.82 Å². The first-order valence-corrected chi connectivity index (χ1v) is 8.55. The summed E-state index contributed by atoms with van der Waals surface area (Å²) < 4.78 is 13.3. The molecule has 1 atom stereocenters. The van der Waals surface area contributed by atoms with Crippen LogP contribution in [0.25, 0.3) is 11.1 Å². The topological polar surface area (TPSA) is 62.3 Å². The second-order valence-electron chi connectivity index (χ2n) is 5.39. The molecular formula is C16H21N3O2S. The van der Waals surface area contributed by atoms with Crippen LogP contribution in [0.3, 0.4) is 0 Å². The molecule has 2 N–H and O–H groups in total. The number of anilines is 1. The fourth-order valence-corrected chi connectivity index (χ4v) is 3.62. The van der Waals surface area contributed by atoms with E-state index < -0.39 is 0 Å². The van der Waals surface area contributed by atoms with Crippen LogP contribution in [0, 0.1) is 0 Å². The molecule has 0 spiro atoms. The molecule has 2 aromatic rings. The number of ether oxygens (including phenoxy) is 2. The van der Waals surface area contributed by atoms with Crippen LogP contribution in [0.15, 0.2) is 24.4 Å². The van der Waals surface area contributed by atoms with Crippen molar-refractivity contribution in [3.05, 3.63) is 24.4 Å². The lowest BCUT2D eigenvalue weighted by Gasteiger charge is -2.24. The largest absolute Gasteiger partial charge is 0.493 e. The number of aryl methyl sites for hydroxylation is 1. The molecule has 5 nitrogen and oxygen atoms in total. The molecular weight excluding hydrogens is 298 g/mol. The van der Waals surface area contributed by atoms with Gasteiger partial charge < -0.3 is 15.2 Å². The maximum atomic E-state index is 6.17. The minimum atomic E-state index is 0.245. The van der Waals surface area contributed by atoms with Gasteiger partial charge >= 0.3 is 0 Å². The Morgan fingerprint density at radius 3 is 2.86 bits per heavy atom. The molecule has 1 fully saturated rings. The van der Waals surface area contributed by atoms with Gasteiger partial charge in [0.25, 0.3) is 0 Å². The van der Waals surface area contributed by atoms with Gasteiger partial charge in [0, 0.05) is 18.4 Å². The van der Waals surface area contributed by atoms with Gasteiger partial charge in [-0.15, -0.1) is 0 Å². The zero-order valence-electron chi connectivity index (χ0n) is 12.9. The van der Waals surface area contributed by atoms with Gasteiger partial charge in [-0.25, -0.2) is 0 Å². The third-order valence-corrected chi connectivity index (χ3v) is 5.06. The Kier molecular flexibility index (Phi) is 4.47. The van der Waals surface area contributed by atoms with Crippen molar-refractivity contribution < 1.29 is 9.47 Å². The molecule has 1 saturated heterocycles. The fourth-order valence-electron chi connectivity index (χ4n) is 2.59. The third kappa shape index (κ3) is 3.02. The Labute approximate surface area is 134 Å². The number of nitrogens with two attached hydrogens (primary N) is 1. The minimum absolute atomic E-state index is 0.245. The molecule has 1 aromatic heterocycles. The van der Waals surface area contributed by atoms with Gasteiger partial charge in [-0.2, -0.15) is 16.9 Å². The molecule has 6 heteroatoms. The Bertz CT molecular complexity index is 651. The SMILES string of the molecule is COc1ccc(-c2cnn(C)c2N)cc1OC1CCCSC1. The average molecular weight is 319 g/mol. The number of nitrogen functional groups attached to an aromatic ring is 1. The molecule has 0 amide bonds. The van der Waals surface area contributed by atoms with Gasteiger partial charge in [-0.1, -0.05) is 6.07 Å².